The zero-order chi connectivity index (χ0) is 56.0. The molecule has 0 spiro atoms. The van der Waals surface area contributed by atoms with Crippen LogP contribution in [0.3, 0.4) is 0 Å². The average Bonchev–Trinajstić information content (AvgIpc) is 3.05. The third kappa shape index (κ3) is 8.32. The zero-order valence-corrected chi connectivity index (χ0v) is 45.9. The van der Waals surface area contributed by atoms with Crippen molar-refractivity contribution in [3.63, 3.8) is 0 Å². The van der Waals surface area contributed by atoms with E-state index in [-0.39, 0.29) is 0 Å². The maximum atomic E-state index is 6.52. The summed E-state index contributed by atoms with van der Waals surface area (Å²) in [6.07, 6.45) is 3.86. The summed E-state index contributed by atoms with van der Waals surface area (Å²) in [7, 11) is 0. The van der Waals surface area contributed by atoms with Gasteiger partial charge >= 0.3 is 0 Å². The van der Waals surface area contributed by atoms with Crippen molar-refractivity contribution in [1.29, 1.82) is 0 Å². The monoisotopic (exact) mass is 1080 g/mol. The number of hydrogen-bond acceptors (Lipinski definition) is 5. The molecule has 17 rings (SSSR count). The van der Waals surface area contributed by atoms with Gasteiger partial charge in [-0.15, -0.1) is 0 Å². The third-order valence-electron chi connectivity index (χ3n) is 17.1. The van der Waals surface area contributed by atoms with Gasteiger partial charge in [-0.1, -0.05) is 218 Å². The van der Waals surface area contributed by atoms with E-state index in [1.807, 2.05) is 12.4 Å². The molecule has 0 saturated carbocycles. The maximum absolute atomic E-state index is 6.52. The first kappa shape index (κ1) is 48.3. The second-order valence-corrected chi connectivity index (χ2v) is 22.1. The first-order valence-corrected chi connectivity index (χ1v) is 28.8. The first-order valence-electron chi connectivity index (χ1n) is 28.8. The van der Waals surface area contributed by atoms with E-state index in [4.69, 9.17) is 24.4 Å². The molecule has 0 bridgehead atoms. The largest absolute Gasteiger partial charge is 0.456 e. The minimum atomic E-state index is 0.816. The number of benzene rings is 14. The molecule has 0 N–H and O–H groups in total. The van der Waals surface area contributed by atoms with Crippen molar-refractivity contribution < 1.29 is 4.42 Å². The molecule has 0 aliphatic rings. The van der Waals surface area contributed by atoms with Crippen LogP contribution in [0.25, 0.3) is 176 Å². The molecule has 0 aliphatic carbocycles. The van der Waals surface area contributed by atoms with Gasteiger partial charge in [-0.3, -0.25) is 9.97 Å². The highest BCUT2D eigenvalue weighted by atomic mass is 16.3. The summed E-state index contributed by atoms with van der Waals surface area (Å²) in [5, 5.41) is 11.0. The molecule has 0 saturated heterocycles. The lowest BCUT2D eigenvalue weighted by Crippen LogP contribution is -1.93. The van der Waals surface area contributed by atoms with Crippen molar-refractivity contribution in [1.82, 2.24) is 19.9 Å². The summed E-state index contributed by atoms with van der Waals surface area (Å²) in [4.78, 5) is 21.4. The van der Waals surface area contributed by atoms with E-state index < -0.39 is 0 Å². The van der Waals surface area contributed by atoms with Crippen LogP contribution < -0.4 is 0 Å². The van der Waals surface area contributed by atoms with Crippen LogP contribution in [0, 0.1) is 0 Å². The third-order valence-corrected chi connectivity index (χ3v) is 17.1. The Morgan fingerprint density at radius 3 is 0.812 bits per heavy atom. The molecule has 5 heteroatoms. The fraction of sp³-hybridized carbons (Fsp3) is 0. The highest BCUT2D eigenvalue weighted by Gasteiger charge is 2.19. The van der Waals surface area contributed by atoms with Crippen LogP contribution in [-0.4, -0.2) is 19.9 Å². The normalized spacial score (nSPS) is 11.8. The van der Waals surface area contributed by atoms with Gasteiger partial charge in [0.05, 0.1) is 45.8 Å². The number of nitrogens with zero attached hydrogens (tertiary/aromatic N) is 4. The van der Waals surface area contributed by atoms with Gasteiger partial charge in [-0.05, 0) is 149 Å². The summed E-state index contributed by atoms with van der Waals surface area (Å²) < 4.78 is 6.52. The fourth-order valence-electron chi connectivity index (χ4n) is 12.8. The molecule has 394 valence electrons. The summed E-state index contributed by atoms with van der Waals surface area (Å²) in [6, 6.07) is 99.5. The van der Waals surface area contributed by atoms with Gasteiger partial charge in [0, 0.05) is 43.4 Å². The second kappa shape index (κ2) is 19.7. The van der Waals surface area contributed by atoms with Crippen LogP contribution >= 0.6 is 0 Å². The molecule has 0 aliphatic heterocycles. The molecule has 5 nitrogen and oxygen atoms in total. The summed E-state index contributed by atoms with van der Waals surface area (Å²) in [5.41, 5.74) is 22.5. The standard InChI is InChI=1S/C80H48N4O/c1-5-15-49(16-6-1)55-27-33-63-67(41-55)69-43-57(51-19-9-3-10-20-51)29-35-65(69)79-77(63)81-47-73(83-79)61-25-13-23-53(39-61)59-31-37-75-71(45-59)72-46-60(32-38-76(72)85-75)54-24-14-26-62(40-54)74-48-82-78-64-34-28-56(50-17-7-2-8-18-50)42-68(64)70-44-58(52-21-11-4-12-22-52)30-36-66(70)80(78)84-74/h1-48H. The molecule has 17 aromatic rings. The quantitative estimate of drug-likeness (QED) is 0.142. The Hall–Kier alpha value is -11.4. The minimum Gasteiger partial charge on any atom is -0.456 e. The summed E-state index contributed by atoms with van der Waals surface area (Å²) in [6.45, 7) is 0. The Labute approximate surface area is 489 Å². The number of aromatic nitrogens is 4. The van der Waals surface area contributed by atoms with Crippen LogP contribution in [0.4, 0.5) is 0 Å². The van der Waals surface area contributed by atoms with Crippen LogP contribution in [-0.2, 0) is 0 Å². The van der Waals surface area contributed by atoms with Gasteiger partial charge in [0.25, 0.3) is 0 Å². The van der Waals surface area contributed by atoms with Crippen molar-refractivity contribution in [3.05, 3.63) is 291 Å². The Morgan fingerprint density at radius 1 is 0.188 bits per heavy atom. The molecule has 0 radical (unpaired) electrons. The van der Waals surface area contributed by atoms with E-state index >= 15 is 0 Å². The predicted octanol–water partition coefficient (Wildman–Crippen LogP) is 21.4. The van der Waals surface area contributed by atoms with E-state index in [9.17, 15) is 0 Å². The molecular weight excluding hydrogens is 1030 g/mol. The molecule has 0 fully saturated rings. The Balaban J connectivity index is 0.725. The second-order valence-electron chi connectivity index (χ2n) is 22.1. The molecule has 3 heterocycles. The van der Waals surface area contributed by atoms with Crippen LogP contribution in [0.2, 0.25) is 0 Å². The predicted molar refractivity (Wildman–Crippen MR) is 353 cm³/mol. The van der Waals surface area contributed by atoms with Gasteiger partial charge in [0.15, 0.2) is 0 Å². The van der Waals surface area contributed by atoms with Gasteiger partial charge in [-0.2, -0.15) is 0 Å². The van der Waals surface area contributed by atoms with Crippen molar-refractivity contribution in [2.45, 2.75) is 0 Å². The highest BCUT2D eigenvalue weighted by Crippen LogP contribution is 2.42. The molecule has 14 aromatic carbocycles. The van der Waals surface area contributed by atoms with Gasteiger partial charge < -0.3 is 4.42 Å². The lowest BCUT2D eigenvalue weighted by molar-refractivity contribution is 0.669. The van der Waals surface area contributed by atoms with E-state index in [2.05, 4.69) is 279 Å². The van der Waals surface area contributed by atoms with E-state index in [1.165, 1.54) is 33.4 Å². The van der Waals surface area contributed by atoms with Crippen molar-refractivity contribution in [3.8, 4) is 89.3 Å². The summed E-state index contributed by atoms with van der Waals surface area (Å²) >= 11 is 0. The van der Waals surface area contributed by atoms with Gasteiger partial charge in [0.1, 0.15) is 11.2 Å². The van der Waals surface area contributed by atoms with Crippen molar-refractivity contribution in [2.24, 2.45) is 0 Å². The first-order chi connectivity index (χ1) is 42.1. The van der Waals surface area contributed by atoms with Crippen LogP contribution in [0.15, 0.2) is 296 Å². The van der Waals surface area contributed by atoms with Crippen molar-refractivity contribution >= 4 is 87.1 Å². The molecular formula is C80H48N4O. The molecule has 85 heavy (non-hydrogen) atoms. The van der Waals surface area contributed by atoms with E-state index in [0.717, 1.165) is 143 Å². The topological polar surface area (TPSA) is 64.7 Å². The number of hydrogen-bond donors (Lipinski definition) is 0. The molecule has 0 amide bonds. The lowest BCUT2D eigenvalue weighted by Gasteiger charge is -2.14. The van der Waals surface area contributed by atoms with Crippen LogP contribution in [0.5, 0.6) is 0 Å². The Kier molecular flexibility index (Phi) is 11.2. The van der Waals surface area contributed by atoms with E-state index in [1.54, 1.807) is 0 Å². The SMILES string of the molecule is c1ccc(-c2ccc3c(c2)c2cc(-c4ccccc4)ccc2c2nc(-c4cccc(-c5ccc6oc7ccc(-c8cccc(-c9cnc%10c%11ccc(-c%12ccccc%12)cc%11c%11cc(-c%12ccccc%12)ccc%11c%10n9)c8)cc7c6c5)c4)cnc32)cc1. The van der Waals surface area contributed by atoms with Gasteiger partial charge in [-0.25, -0.2) is 9.97 Å². The molecule has 0 unspecified atom stereocenters. The Morgan fingerprint density at radius 2 is 0.459 bits per heavy atom. The summed E-state index contributed by atoms with van der Waals surface area (Å²) in [5.74, 6) is 0. The number of rotatable bonds is 8. The minimum absolute atomic E-state index is 0.816. The highest BCUT2D eigenvalue weighted by molar-refractivity contribution is 6.26. The number of fused-ring (bicyclic) bond motifs is 15. The fourth-order valence-corrected chi connectivity index (χ4v) is 12.8. The average molecular weight is 1080 g/mol. The Bertz CT molecular complexity index is 5180. The van der Waals surface area contributed by atoms with Crippen molar-refractivity contribution in [2.75, 3.05) is 0 Å². The lowest BCUT2D eigenvalue weighted by atomic mass is 9.93. The number of furan rings is 1. The van der Waals surface area contributed by atoms with E-state index in [0.29, 0.717) is 0 Å². The van der Waals surface area contributed by atoms with Gasteiger partial charge in [0.2, 0.25) is 0 Å². The maximum Gasteiger partial charge on any atom is 0.135 e. The zero-order valence-electron chi connectivity index (χ0n) is 45.9. The smallest absolute Gasteiger partial charge is 0.135 e. The van der Waals surface area contributed by atoms with Crippen LogP contribution in [0.1, 0.15) is 0 Å². The molecule has 3 aromatic heterocycles. The molecule has 0 atom stereocenters.